The van der Waals surface area contributed by atoms with Gasteiger partial charge in [0.15, 0.2) is 0 Å². The van der Waals surface area contributed by atoms with Crippen molar-refractivity contribution in [3.05, 3.63) is 0 Å². The molecule has 584 valence electrons. The Morgan fingerprint density at radius 2 is 0.745 bits per heavy atom. The van der Waals surface area contributed by atoms with Crippen molar-refractivity contribution in [1.29, 1.82) is 0 Å². The molecule has 10 aliphatic rings. The Bertz CT molecular complexity index is 1800. The van der Waals surface area contributed by atoms with Crippen LogP contribution in [0.3, 0.4) is 0 Å². The van der Waals surface area contributed by atoms with Gasteiger partial charge in [-0.15, -0.1) is 0 Å². The van der Waals surface area contributed by atoms with Crippen molar-refractivity contribution >= 4 is 11.9 Å². The smallest absolute Gasteiger partial charge is 0.320 e. The number of aliphatic hydroxyl groups excluding tert-OH is 2. The van der Waals surface area contributed by atoms with Gasteiger partial charge in [-0.2, -0.15) is 0 Å². The van der Waals surface area contributed by atoms with Crippen molar-refractivity contribution in [3.63, 3.8) is 0 Å². The average molecular weight is 1410 g/mol. The summed E-state index contributed by atoms with van der Waals surface area (Å²) in [6.45, 7) is 7.65. The van der Waals surface area contributed by atoms with E-state index < -0.39 is 0 Å². The van der Waals surface area contributed by atoms with E-state index in [1.54, 1.807) is 14.2 Å². The molecular formula is C74H156N12O12. The van der Waals surface area contributed by atoms with Crippen LogP contribution in [-0.4, -0.2) is 269 Å². The molecule has 9 saturated carbocycles. The van der Waals surface area contributed by atoms with Crippen LogP contribution in [0.2, 0.25) is 0 Å². The minimum absolute atomic E-state index is 0.0209. The highest BCUT2D eigenvalue weighted by molar-refractivity contribution is 5.72. The predicted molar refractivity (Wildman–Crippen MR) is 400 cm³/mol. The Balaban J connectivity index is 0.000000547. The lowest BCUT2D eigenvalue weighted by molar-refractivity contribution is -0.150. The first-order valence-electron chi connectivity index (χ1n) is 38.8. The van der Waals surface area contributed by atoms with E-state index in [2.05, 4.69) is 67.0 Å². The summed E-state index contributed by atoms with van der Waals surface area (Å²) in [5.41, 5.74) is 10.3. The van der Waals surface area contributed by atoms with Crippen LogP contribution in [-0.2, 0) is 47.5 Å². The van der Waals surface area contributed by atoms with E-state index in [0.717, 1.165) is 97.1 Å². The highest BCUT2D eigenvalue weighted by Gasteiger charge is 2.31. The minimum Gasteiger partial charge on any atom is -0.460 e. The fourth-order valence-electron chi connectivity index (χ4n) is 14.9. The first-order valence-corrected chi connectivity index (χ1v) is 38.8. The standard InChI is InChI=1S/C9H18N2O2.2C9H19NO.C8H16N2O2.C8H17NO.2C7H15NO.2C6H13NO.C5H11NO/c1-11-7-4-2-3-5-8(7)13-9(12)6-10;1-3-11-9-6-4-5-8(7-9)10-2;1-3-11-9-7-5-4-6-8(9)10-2;1-10-6-3-2-4-7(6)12-8(11)5-9;1-9-7-4-3-5-8(6-7)10-2;1-8-6-3-4-7(5-6)9-2;1-8-6-4-3-5-7(6)9-2;1-7-5-2-3-6(8)4-5;1-7-5-3-2-4-6(5)8;1-6-5-2-3-7-4-5/h7-8,11H,2-6,10H2,1H3;2*8-10H,3-7H2,1-2H3;6-7,10H,2-5,9H2,1H3;7-9H,3-6H2,1-2H3;2*6-8H,3-5H2,1-2H3;2*5-8H,2-4H2,1H3;5-6H,2-4H2,1H3. The molecule has 10 rings (SSSR count). The Labute approximate surface area is 597 Å². The molecule has 0 spiro atoms. The lowest BCUT2D eigenvalue weighted by Crippen LogP contribution is -2.43. The molecule has 24 heteroatoms. The summed E-state index contributed by atoms with van der Waals surface area (Å²) in [6.07, 6.45) is 40.3. The van der Waals surface area contributed by atoms with Crippen molar-refractivity contribution in [2.24, 2.45) is 11.5 Å². The Hall–Kier alpha value is -1.86. The number of likely N-dealkylation sites (N-methyl/N-ethyl adjacent to an activating group) is 6. The minimum atomic E-state index is -0.304. The monoisotopic (exact) mass is 1410 g/mol. The van der Waals surface area contributed by atoms with Crippen molar-refractivity contribution < 1.29 is 57.7 Å². The number of nitrogens with two attached hydrogens (primary N) is 2. The second kappa shape index (κ2) is 61.4. The zero-order valence-corrected chi connectivity index (χ0v) is 65.0. The summed E-state index contributed by atoms with van der Waals surface area (Å²) in [5.74, 6) is -0.602. The van der Waals surface area contributed by atoms with Crippen LogP contribution in [0.4, 0.5) is 0 Å². The van der Waals surface area contributed by atoms with Gasteiger partial charge < -0.3 is 113 Å². The van der Waals surface area contributed by atoms with Crippen LogP contribution in [0.1, 0.15) is 219 Å². The topological polar surface area (TPSA) is 321 Å². The van der Waals surface area contributed by atoms with E-state index in [9.17, 15) is 9.59 Å². The zero-order chi connectivity index (χ0) is 72.7. The Kier molecular flexibility index (Phi) is 59.0. The van der Waals surface area contributed by atoms with E-state index in [0.29, 0.717) is 90.9 Å². The van der Waals surface area contributed by atoms with Crippen LogP contribution in [0.15, 0.2) is 0 Å². The van der Waals surface area contributed by atoms with Gasteiger partial charge in [-0.3, -0.25) is 9.59 Å². The summed E-state index contributed by atoms with van der Waals surface area (Å²) in [5, 5.41) is 50.1. The third-order valence-electron chi connectivity index (χ3n) is 21.3. The molecule has 0 aromatic heterocycles. The summed E-state index contributed by atoms with van der Waals surface area (Å²) >= 11 is 0. The van der Waals surface area contributed by atoms with Gasteiger partial charge in [-0.1, -0.05) is 19.3 Å². The zero-order valence-electron chi connectivity index (χ0n) is 65.0. The molecule has 0 radical (unpaired) electrons. The molecule has 0 bridgehead atoms. The van der Waals surface area contributed by atoms with Crippen molar-refractivity contribution in [2.75, 3.05) is 131 Å². The summed E-state index contributed by atoms with van der Waals surface area (Å²) in [4.78, 5) is 21.8. The van der Waals surface area contributed by atoms with Crippen LogP contribution in [0.5, 0.6) is 0 Å². The first-order chi connectivity index (χ1) is 47.5. The molecule has 1 aliphatic heterocycles. The summed E-state index contributed by atoms with van der Waals surface area (Å²) in [7, 11) is 25.1. The van der Waals surface area contributed by atoms with Crippen LogP contribution >= 0.6 is 0 Å². The maximum Gasteiger partial charge on any atom is 0.320 e. The number of ether oxygens (including phenoxy) is 8. The number of esters is 2. The Morgan fingerprint density at radius 3 is 1.10 bits per heavy atom. The number of hydrogen-bond acceptors (Lipinski definition) is 24. The van der Waals surface area contributed by atoms with Crippen molar-refractivity contribution in [3.8, 4) is 0 Å². The van der Waals surface area contributed by atoms with E-state index >= 15 is 0 Å². The van der Waals surface area contributed by atoms with Crippen molar-refractivity contribution in [1.82, 2.24) is 53.2 Å². The van der Waals surface area contributed by atoms with E-state index in [1.807, 2.05) is 77.6 Å². The van der Waals surface area contributed by atoms with Gasteiger partial charge in [-0.05, 0) is 271 Å². The highest BCUT2D eigenvalue weighted by atomic mass is 16.6. The SMILES string of the molecule is CCOC1CCCC(NC)C1.CCOC1CCCCC1NC.CNC1CCC(O)C1.CNC1CCC(OC)C1.CNC1CCCC(OC)C1.CNC1CCCC1O.CNC1CCCC1OC.CNC1CCCC1OC(=O)CN.CNC1CCCCC1OC(=O)CN.CNC1CCOC1. The maximum absolute atomic E-state index is 11.0. The van der Waals surface area contributed by atoms with Crippen LogP contribution < -0.4 is 64.6 Å². The molecule has 19 atom stereocenters. The van der Waals surface area contributed by atoms with E-state index in [1.165, 1.54) is 135 Å². The van der Waals surface area contributed by atoms with Gasteiger partial charge >= 0.3 is 11.9 Å². The number of rotatable bonds is 21. The number of carbonyl (C=O) groups excluding carboxylic acids is 2. The molecule has 0 aromatic carbocycles. The van der Waals surface area contributed by atoms with E-state index in [4.69, 9.17) is 59.6 Å². The van der Waals surface area contributed by atoms with E-state index in [-0.39, 0.29) is 49.4 Å². The Morgan fingerprint density at radius 1 is 0.367 bits per heavy atom. The molecule has 10 fully saturated rings. The normalized spacial score (nSPS) is 33.0. The molecule has 16 N–H and O–H groups in total. The molecular weight excluding hydrogens is 1250 g/mol. The maximum atomic E-state index is 11.0. The molecule has 19 unspecified atom stereocenters. The lowest BCUT2D eigenvalue weighted by atomic mass is 9.92. The van der Waals surface area contributed by atoms with Gasteiger partial charge in [-0.25, -0.2) is 0 Å². The first kappa shape index (κ1) is 94.2. The van der Waals surface area contributed by atoms with Crippen LogP contribution in [0.25, 0.3) is 0 Å². The second-order valence-electron chi connectivity index (χ2n) is 27.8. The highest BCUT2D eigenvalue weighted by Crippen LogP contribution is 2.26. The average Bonchev–Trinajstić information content (AvgIpc) is 1.71. The predicted octanol–water partition coefficient (Wildman–Crippen LogP) is 5.70. The van der Waals surface area contributed by atoms with Gasteiger partial charge in [0, 0.05) is 102 Å². The third kappa shape index (κ3) is 42.2. The van der Waals surface area contributed by atoms with Gasteiger partial charge in [0.25, 0.3) is 0 Å². The van der Waals surface area contributed by atoms with Crippen LogP contribution in [0, 0.1) is 0 Å². The number of hydrogen-bond donors (Lipinski definition) is 14. The number of aliphatic hydroxyl groups is 2. The third-order valence-corrected chi connectivity index (χ3v) is 21.3. The summed E-state index contributed by atoms with van der Waals surface area (Å²) in [6, 6.07) is 5.50. The molecule has 98 heavy (non-hydrogen) atoms. The molecule has 9 aliphatic carbocycles. The number of carbonyl (C=O) groups is 2. The molecule has 0 amide bonds. The van der Waals surface area contributed by atoms with Gasteiger partial charge in [0.2, 0.25) is 0 Å². The number of methoxy groups -OCH3 is 3. The fraction of sp³-hybridized carbons (Fsp3) is 0.973. The summed E-state index contributed by atoms with van der Waals surface area (Å²) < 4.78 is 42.4. The quantitative estimate of drug-likeness (QED) is 0.0613. The molecule has 1 saturated heterocycles. The van der Waals surface area contributed by atoms with Gasteiger partial charge in [0.05, 0.1) is 62.4 Å². The van der Waals surface area contributed by atoms with Crippen molar-refractivity contribution in [2.45, 2.75) is 335 Å². The lowest BCUT2D eigenvalue weighted by Gasteiger charge is -2.30. The molecule has 0 aromatic rings. The molecule has 1 heterocycles. The largest absolute Gasteiger partial charge is 0.460 e. The second-order valence-corrected chi connectivity index (χ2v) is 27.8. The molecule has 24 nitrogen and oxygen atoms in total. The van der Waals surface area contributed by atoms with Gasteiger partial charge in [0.1, 0.15) is 12.2 Å². The number of nitrogens with one attached hydrogen (secondary N) is 10. The fourth-order valence-corrected chi connectivity index (χ4v) is 14.9.